The van der Waals surface area contributed by atoms with E-state index in [0.29, 0.717) is 30.0 Å². The zero-order valence-corrected chi connectivity index (χ0v) is 16.9. The van der Waals surface area contributed by atoms with Gasteiger partial charge in [-0.25, -0.2) is 12.8 Å². The third kappa shape index (κ3) is 4.00. The molecule has 2 fully saturated rings. The van der Waals surface area contributed by atoms with Crippen molar-refractivity contribution in [1.82, 2.24) is 4.90 Å². The molecule has 2 saturated heterocycles. The molecular formula is C21H23FN2O4S. The van der Waals surface area contributed by atoms with Gasteiger partial charge in [0.2, 0.25) is 5.91 Å². The van der Waals surface area contributed by atoms with E-state index in [-0.39, 0.29) is 35.8 Å². The summed E-state index contributed by atoms with van der Waals surface area (Å²) in [5.41, 5.74) is 1.23. The summed E-state index contributed by atoms with van der Waals surface area (Å²) in [7, 11) is -1.70. The lowest BCUT2D eigenvalue weighted by Crippen LogP contribution is -2.62. The Bertz CT molecular complexity index is 1010. The number of nitrogens with zero attached hydrogens (tertiary/aromatic N) is 2. The van der Waals surface area contributed by atoms with Gasteiger partial charge in [-0.3, -0.25) is 9.69 Å². The van der Waals surface area contributed by atoms with E-state index in [2.05, 4.69) is 0 Å². The molecular weight excluding hydrogens is 395 g/mol. The second-order valence-corrected chi connectivity index (χ2v) is 9.64. The number of fused-ring (bicyclic) bond motifs is 1. The molecule has 0 bridgehead atoms. The highest BCUT2D eigenvalue weighted by Gasteiger charge is 2.49. The minimum absolute atomic E-state index is 0.00880. The summed E-state index contributed by atoms with van der Waals surface area (Å²) < 4.78 is 43.9. The van der Waals surface area contributed by atoms with Crippen molar-refractivity contribution in [1.29, 1.82) is 0 Å². The average Bonchev–Trinajstić information content (AvgIpc) is 3.02. The fraction of sp³-hybridized carbons (Fsp3) is 0.381. The fourth-order valence-corrected chi connectivity index (χ4v) is 6.23. The van der Waals surface area contributed by atoms with Crippen molar-refractivity contribution in [2.45, 2.75) is 18.5 Å². The molecule has 29 heavy (non-hydrogen) atoms. The first-order valence-electron chi connectivity index (χ1n) is 9.52. The predicted molar refractivity (Wildman–Crippen MR) is 108 cm³/mol. The SMILES string of the molecule is COc1ccc(N2C(=O)CN(CCc3ccccc3F)C3CS(=O)(=O)CC32)cc1. The van der Waals surface area contributed by atoms with E-state index >= 15 is 0 Å². The lowest BCUT2D eigenvalue weighted by atomic mass is 10.0. The van der Waals surface area contributed by atoms with Crippen LogP contribution in [0.3, 0.4) is 0 Å². The third-order valence-corrected chi connectivity index (χ3v) is 7.38. The quantitative estimate of drug-likeness (QED) is 0.742. The number of methoxy groups -OCH3 is 1. The maximum absolute atomic E-state index is 14.0. The maximum Gasteiger partial charge on any atom is 0.241 e. The Hall–Kier alpha value is -2.45. The lowest BCUT2D eigenvalue weighted by molar-refractivity contribution is -0.123. The number of rotatable bonds is 5. The van der Waals surface area contributed by atoms with Crippen molar-refractivity contribution in [3.05, 3.63) is 59.9 Å². The number of hydrogen-bond acceptors (Lipinski definition) is 5. The van der Waals surface area contributed by atoms with Crippen LogP contribution in [-0.2, 0) is 21.1 Å². The summed E-state index contributed by atoms with van der Waals surface area (Å²) in [5, 5.41) is 0. The molecule has 4 rings (SSSR count). The van der Waals surface area contributed by atoms with E-state index in [4.69, 9.17) is 4.74 Å². The van der Waals surface area contributed by atoms with Gasteiger partial charge >= 0.3 is 0 Å². The van der Waals surface area contributed by atoms with Gasteiger partial charge < -0.3 is 9.64 Å². The molecule has 6 nitrogen and oxygen atoms in total. The normalized spacial score (nSPS) is 23.8. The molecule has 2 atom stereocenters. The molecule has 2 aliphatic rings. The van der Waals surface area contributed by atoms with Crippen molar-refractivity contribution < 1.29 is 22.3 Å². The molecule has 1 amide bonds. The zero-order valence-electron chi connectivity index (χ0n) is 16.1. The van der Waals surface area contributed by atoms with Gasteiger partial charge in [-0.1, -0.05) is 18.2 Å². The largest absolute Gasteiger partial charge is 0.497 e. The van der Waals surface area contributed by atoms with Gasteiger partial charge in [0.1, 0.15) is 11.6 Å². The molecule has 0 radical (unpaired) electrons. The Labute approximate surface area is 169 Å². The van der Waals surface area contributed by atoms with Gasteiger partial charge in [0.25, 0.3) is 0 Å². The van der Waals surface area contributed by atoms with Crippen LogP contribution >= 0.6 is 0 Å². The van der Waals surface area contributed by atoms with Crippen LogP contribution in [0.1, 0.15) is 5.56 Å². The molecule has 0 saturated carbocycles. The number of anilines is 1. The number of halogens is 1. The molecule has 0 aliphatic carbocycles. The van der Waals surface area contributed by atoms with Crippen LogP contribution in [0, 0.1) is 5.82 Å². The molecule has 0 aromatic heterocycles. The van der Waals surface area contributed by atoms with Crippen LogP contribution < -0.4 is 9.64 Å². The Kier molecular flexibility index (Phi) is 5.31. The second-order valence-electron chi connectivity index (χ2n) is 7.49. The summed E-state index contributed by atoms with van der Waals surface area (Å²) >= 11 is 0. The first-order chi connectivity index (χ1) is 13.9. The monoisotopic (exact) mass is 418 g/mol. The molecule has 2 heterocycles. The molecule has 2 unspecified atom stereocenters. The van der Waals surface area contributed by atoms with Crippen molar-refractivity contribution in [3.63, 3.8) is 0 Å². The molecule has 8 heteroatoms. The van der Waals surface area contributed by atoms with Gasteiger partial charge in [0, 0.05) is 18.3 Å². The lowest BCUT2D eigenvalue weighted by Gasteiger charge is -2.43. The van der Waals surface area contributed by atoms with Gasteiger partial charge in [0.05, 0.1) is 31.2 Å². The Morgan fingerprint density at radius 3 is 2.45 bits per heavy atom. The Morgan fingerprint density at radius 2 is 1.76 bits per heavy atom. The molecule has 2 aromatic rings. The second kappa shape index (κ2) is 7.76. The molecule has 0 N–H and O–H groups in total. The number of carbonyl (C=O) groups is 1. The summed E-state index contributed by atoms with van der Waals surface area (Å²) in [6, 6.07) is 12.8. The number of benzene rings is 2. The van der Waals surface area contributed by atoms with E-state index in [1.165, 1.54) is 6.07 Å². The summed E-state index contributed by atoms with van der Waals surface area (Å²) in [6.45, 7) is 0.539. The summed E-state index contributed by atoms with van der Waals surface area (Å²) in [6.07, 6.45) is 0.422. The van der Waals surface area contributed by atoms with E-state index in [0.717, 1.165) is 0 Å². The first-order valence-corrected chi connectivity index (χ1v) is 11.3. The molecule has 2 aromatic carbocycles. The number of sulfone groups is 1. The molecule has 154 valence electrons. The number of piperazine rings is 1. The van der Waals surface area contributed by atoms with Crippen LogP contribution in [0.25, 0.3) is 0 Å². The maximum atomic E-state index is 14.0. The Balaban J connectivity index is 1.58. The van der Waals surface area contributed by atoms with Crippen LogP contribution in [0.4, 0.5) is 10.1 Å². The number of ether oxygens (including phenoxy) is 1. The van der Waals surface area contributed by atoms with Gasteiger partial charge in [-0.2, -0.15) is 0 Å². The van der Waals surface area contributed by atoms with E-state index in [9.17, 15) is 17.6 Å². The van der Waals surface area contributed by atoms with Crippen LogP contribution in [-0.4, -0.2) is 63.0 Å². The Morgan fingerprint density at radius 1 is 1.07 bits per heavy atom. The van der Waals surface area contributed by atoms with Crippen molar-refractivity contribution in [2.75, 3.05) is 36.6 Å². The van der Waals surface area contributed by atoms with E-state index in [1.807, 2.05) is 4.90 Å². The van der Waals surface area contributed by atoms with E-state index in [1.54, 1.807) is 54.5 Å². The molecule has 2 aliphatic heterocycles. The van der Waals surface area contributed by atoms with Crippen molar-refractivity contribution in [2.24, 2.45) is 0 Å². The minimum atomic E-state index is -3.26. The summed E-state index contributed by atoms with van der Waals surface area (Å²) in [4.78, 5) is 16.5. The molecule has 0 spiro atoms. The fourth-order valence-electron chi connectivity index (χ4n) is 4.25. The predicted octanol–water partition coefficient (Wildman–Crippen LogP) is 1.89. The minimum Gasteiger partial charge on any atom is -0.497 e. The topological polar surface area (TPSA) is 66.9 Å². The van der Waals surface area contributed by atoms with Crippen molar-refractivity contribution >= 4 is 21.4 Å². The zero-order chi connectivity index (χ0) is 20.6. The van der Waals surface area contributed by atoms with E-state index < -0.39 is 15.9 Å². The third-order valence-electron chi connectivity index (χ3n) is 5.68. The highest BCUT2D eigenvalue weighted by molar-refractivity contribution is 7.91. The standard InChI is InChI=1S/C21H23FN2O4S/c1-28-17-8-6-16(7-9-17)24-20-14-29(26,27)13-19(20)23(12-21(24)25)11-10-15-4-2-3-5-18(15)22/h2-9,19-20H,10-14H2,1H3. The number of hydrogen-bond donors (Lipinski definition) is 0. The smallest absolute Gasteiger partial charge is 0.241 e. The highest BCUT2D eigenvalue weighted by Crippen LogP contribution is 2.32. The van der Waals surface area contributed by atoms with Crippen LogP contribution in [0.5, 0.6) is 5.75 Å². The van der Waals surface area contributed by atoms with Gasteiger partial charge in [-0.05, 0) is 42.3 Å². The van der Waals surface area contributed by atoms with Crippen molar-refractivity contribution in [3.8, 4) is 5.75 Å². The summed E-state index contributed by atoms with van der Waals surface area (Å²) in [5.74, 6) is 0.175. The van der Waals surface area contributed by atoms with Crippen LogP contribution in [0.2, 0.25) is 0 Å². The average molecular weight is 418 g/mol. The first kappa shape index (κ1) is 19.8. The number of amides is 1. The van der Waals surface area contributed by atoms with Gasteiger partial charge in [-0.15, -0.1) is 0 Å². The van der Waals surface area contributed by atoms with Gasteiger partial charge in [0.15, 0.2) is 9.84 Å². The number of carbonyl (C=O) groups excluding carboxylic acids is 1. The highest BCUT2D eigenvalue weighted by atomic mass is 32.2. The van der Waals surface area contributed by atoms with Crippen LogP contribution in [0.15, 0.2) is 48.5 Å².